The average molecular weight is 344 g/mol. The molecule has 0 aliphatic rings. The fourth-order valence-electron chi connectivity index (χ4n) is 3.10. The van der Waals surface area contributed by atoms with Crippen molar-refractivity contribution in [1.29, 1.82) is 0 Å². The van der Waals surface area contributed by atoms with E-state index < -0.39 is 0 Å². The van der Waals surface area contributed by atoms with Crippen molar-refractivity contribution in [2.75, 3.05) is 12.4 Å². The summed E-state index contributed by atoms with van der Waals surface area (Å²) in [5.74, 6) is 1.68. The van der Waals surface area contributed by atoms with Crippen molar-refractivity contribution in [1.82, 2.24) is 14.6 Å². The lowest BCUT2D eigenvalue weighted by Gasteiger charge is -2.11. The van der Waals surface area contributed by atoms with Crippen LogP contribution in [0.15, 0.2) is 60.8 Å². The average Bonchev–Trinajstić information content (AvgIpc) is 3.05. The van der Waals surface area contributed by atoms with Crippen LogP contribution in [0.3, 0.4) is 0 Å². The molecule has 2 heterocycles. The molecule has 0 amide bonds. The Balaban J connectivity index is 1.86. The van der Waals surface area contributed by atoms with Gasteiger partial charge in [-0.05, 0) is 37.6 Å². The second kappa shape index (κ2) is 6.52. The van der Waals surface area contributed by atoms with Crippen LogP contribution in [0, 0.1) is 13.8 Å². The van der Waals surface area contributed by atoms with Crippen LogP contribution in [0.4, 0.5) is 11.5 Å². The summed E-state index contributed by atoms with van der Waals surface area (Å²) in [4.78, 5) is 4.71. The molecule has 130 valence electrons. The maximum atomic E-state index is 5.51. The molecule has 0 radical (unpaired) electrons. The Morgan fingerprint density at radius 2 is 1.81 bits per heavy atom. The third-order valence-corrected chi connectivity index (χ3v) is 4.29. The monoisotopic (exact) mass is 344 g/mol. The number of fused-ring (bicyclic) bond motifs is 1. The van der Waals surface area contributed by atoms with Crippen molar-refractivity contribution in [3.8, 4) is 16.9 Å². The van der Waals surface area contributed by atoms with Crippen molar-refractivity contribution >= 4 is 17.2 Å². The SMILES string of the molecule is COc1ccccc1-c1cnn2c(Nc3cccc(C)c3)cc(C)nc12. The Morgan fingerprint density at radius 1 is 0.962 bits per heavy atom. The zero-order valence-corrected chi connectivity index (χ0v) is 15.0. The van der Waals surface area contributed by atoms with Crippen LogP contribution in [0.25, 0.3) is 16.8 Å². The van der Waals surface area contributed by atoms with Crippen LogP contribution in [-0.2, 0) is 0 Å². The highest BCUT2D eigenvalue weighted by atomic mass is 16.5. The number of methoxy groups -OCH3 is 1. The molecule has 0 saturated carbocycles. The first-order chi connectivity index (χ1) is 12.7. The van der Waals surface area contributed by atoms with Crippen LogP contribution in [0.1, 0.15) is 11.3 Å². The molecule has 2 aromatic heterocycles. The highest BCUT2D eigenvalue weighted by molar-refractivity contribution is 5.82. The van der Waals surface area contributed by atoms with E-state index in [0.717, 1.165) is 39.7 Å². The predicted molar refractivity (Wildman–Crippen MR) is 104 cm³/mol. The van der Waals surface area contributed by atoms with Crippen molar-refractivity contribution in [3.05, 3.63) is 72.1 Å². The molecule has 0 aliphatic carbocycles. The number of rotatable bonds is 4. The van der Waals surface area contributed by atoms with E-state index in [1.54, 1.807) is 7.11 Å². The number of anilines is 2. The van der Waals surface area contributed by atoms with E-state index in [1.165, 1.54) is 5.56 Å². The summed E-state index contributed by atoms with van der Waals surface area (Å²) in [5, 5.41) is 8.02. The Morgan fingerprint density at radius 3 is 2.62 bits per heavy atom. The summed E-state index contributed by atoms with van der Waals surface area (Å²) in [6.45, 7) is 4.06. The first-order valence-electron chi connectivity index (χ1n) is 8.48. The zero-order valence-electron chi connectivity index (χ0n) is 15.0. The summed E-state index contributed by atoms with van der Waals surface area (Å²) in [5.41, 5.74) is 5.86. The van der Waals surface area contributed by atoms with Crippen LogP contribution >= 0.6 is 0 Å². The van der Waals surface area contributed by atoms with Gasteiger partial charge in [0, 0.05) is 23.0 Å². The van der Waals surface area contributed by atoms with Gasteiger partial charge >= 0.3 is 0 Å². The second-order valence-corrected chi connectivity index (χ2v) is 6.27. The highest BCUT2D eigenvalue weighted by Crippen LogP contribution is 2.33. The molecule has 5 nitrogen and oxygen atoms in total. The molecule has 5 heteroatoms. The van der Waals surface area contributed by atoms with Crippen molar-refractivity contribution in [2.45, 2.75) is 13.8 Å². The van der Waals surface area contributed by atoms with E-state index in [2.05, 4.69) is 29.5 Å². The molecule has 0 atom stereocenters. The van der Waals surface area contributed by atoms with Crippen molar-refractivity contribution in [3.63, 3.8) is 0 Å². The number of nitrogens with zero attached hydrogens (tertiary/aromatic N) is 3. The van der Waals surface area contributed by atoms with E-state index in [9.17, 15) is 0 Å². The van der Waals surface area contributed by atoms with Gasteiger partial charge in [-0.2, -0.15) is 9.61 Å². The standard InChI is InChI=1S/C21H20N4O/c1-14-7-6-8-16(11-14)24-20-12-15(2)23-21-18(13-22-25(20)21)17-9-4-5-10-19(17)26-3/h4-13,24H,1-3H3. The molecule has 0 fully saturated rings. The highest BCUT2D eigenvalue weighted by Gasteiger charge is 2.15. The molecular formula is C21H20N4O. The molecule has 0 saturated heterocycles. The van der Waals surface area contributed by atoms with Gasteiger partial charge in [0.15, 0.2) is 5.65 Å². The third kappa shape index (κ3) is 2.88. The van der Waals surface area contributed by atoms with E-state index in [0.29, 0.717) is 0 Å². The predicted octanol–water partition coefficient (Wildman–Crippen LogP) is 4.77. The number of para-hydroxylation sites is 1. The lowest BCUT2D eigenvalue weighted by atomic mass is 10.1. The van der Waals surface area contributed by atoms with E-state index in [4.69, 9.17) is 9.72 Å². The minimum absolute atomic E-state index is 0.796. The van der Waals surface area contributed by atoms with Crippen LogP contribution in [0.5, 0.6) is 5.75 Å². The summed E-state index contributed by atoms with van der Waals surface area (Å²) in [7, 11) is 1.67. The maximum absolute atomic E-state index is 5.51. The minimum Gasteiger partial charge on any atom is -0.496 e. The molecule has 0 unspecified atom stereocenters. The number of nitrogens with one attached hydrogen (secondary N) is 1. The lowest BCUT2D eigenvalue weighted by Crippen LogP contribution is -2.02. The second-order valence-electron chi connectivity index (χ2n) is 6.27. The molecular weight excluding hydrogens is 324 g/mol. The fraction of sp³-hybridized carbons (Fsp3) is 0.143. The van der Waals surface area contributed by atoms with Crippen molar-refractivity contribution in [2.24, 2.45) is 0 Å². The molecule has 2 aromatic carbocycles. The van der Waals surface area contributed by atoms with E-state index in [-0.39, 0.29) is 0 Å². The number of aromatic nitrogens is 3. The third-order valence-electron chi connectivity index (χ3n) is 4.29. The van der Waals surface area contributed by atoms with Gasteiger partial charge < -0.3 is 10.1 Å². The van der Waals surface area contributed by atoms with E-state index in [1.807, 2.05) is 60.1 Å². The summed E-state index contributed by atoms with van der Waals surface area (Å²) < 4.78 is 7.34. The summed E-state index contributed by atoms with van der Waals surface area (Å²) in [6.07, 6.45) is 1.83. The Hall–Kier alpha value is -3.34. The number of aryl methyl sites for hydroxylation is 2. The van der Waals surface area contributed by atoms with Crippen LogP contribution < -0.4 is 10.1 Å². The number of ether oxygens (including phenoxy) is 1. The van der Waals surface area contributed by atoms with Gasteiger partial charge in [0.05, 0.1) is 18.9 Å². The Labute approximate surface area is 152 Å². The Kier molecular flexibility index (Phi) is 4.05. The zero-order chi connectivity index (χ0) is 18.1. The molecule has 0 spiro atoms. The topological polar surface area (TPSA) is 51.5 Å². The summed E-state index contributed by atoms with van der Waals surface area (Å²) >= 11 is 0. The summed E-state index contributed by atoms with van der Waals surface area (Å²) in [6, 6.07) is 18.2. The fourth-order valence-corrected chi connectivity index (χ4v) is 3.10. The lowest BCUT2D eigenvalue weighted by molar-refractivity contribution is 0.416. The van der Waals surface area contributed by atoms with Gasteiger partial charge in [0.2, 0.25) is 0 Å². The van der Waals surface area contributed by atoms with Crippen molar-refractivity contribution < 1.29 is 4.74 Å². The van der Waals surface area contributed by atoms with Gasteiger partial charge in [-0.25, -0.2) is 4.98 Å². The van der Waals surface area contributed by atoms with Crippen LogP contribution in [-0.4, -0.2) is 21.7 Å². The number of hydrogen-bond donors (Lipinski definition) is 1. The van der Waals surface area contributed by atoms with Gasteiger partial charge in [-0.1, -0.05) is 30.3 Å². The molecule has 1 N–H and O–H groups in total. The smallest absolute Gasteiger partial charge is 0.165 e. The van der Waals surface area contributed by atoms with Gasteiger partial charge in [-0.15, -0.1) is 0 Å². The maximum Gasteiger partial charge on any atom is 0.165 e. The number of hydrogen-bond acceptors (Lipinski definition) is 4. The largest absolute Gasteiger partial charge is 0.496 e. The molecule has 4 aromatic rings. The minimum atomic E-state index is 0.796. The molecule has 26 heavy (non-hydrogen) atoms. The van der Waals surface area contributed by atoms with Gasteiger partial charge in [0.1, 0.15) is 11.6 Å². The normalized spacial score (nSPS) is 10.9. The first kappa shape index (κ1) is 16.1. The quantitative estimate of drug-likeness (QED) is 0.580. The Bertz CT molecular complexity index is 1080. The molecule has 0 bridgehead atoms. The van der Waals surface area contributed by atoms with E-state index >= 15 is 0 Å². The first-order valence-corrected chi connectivity index (χ1v) is 8.48. The molecule has 0 aliphatic heterocycles. The van der Waals surface area contributed by atoms with Crippen LogP contribution in [0.2, 0.25) is 0 Å². The number of benzene rings is 2. The van der Waals surface area contributed by atoms with Gasteiger partial charge in [0.25, 0.3) is 0 Å². The molecule has 4 rings (SSSR count). The van der Waals surface area contributed by atoms with Gasteiger partial charge in [-0.3, -0.25) is 0 Å².